The Balaban J connectivity index is 2.36. The Bertz CT molecular complexity index is 582. The van der Waals surface area contributed by atoms with Crippen LogP contribution < -0.4 is 5.32 Å². The molecule has 2 aromatic rings. The fourth-order valence-electron chi connectivity index (χ4n) is 1.43. The zero-order valence-electron chi connectivity index (χ0n) is 9.75. The molecule has 0 aliphatic heterocycles. The standard InChI is InChI=1S/C11H11ClN4O3/c12-7-1-3-8(4-2-7)16-14-9(11(18)19)10(15-16)13-5-6-17/h1-4,17H,5-6H2,(H,13,15)(H,18,19). The summed E-state index contributed by atoms with van der Waals surface area (Å²) < 4.78 is 0. The summed E-state index contributed by atoms with van der Waals surface area (Å²) in [6.45, 7) is 0.0620. The average molecular weight is 283 g/mol. The number of aliphatic hydroxyl groups excluding tert-OH is 1. The number of nitrogens with one attached hydrogen (secondary N) is 1. The molecule has 1 aromatic heterocycles. The average Bonchev–Trinajstić information content (AvgIpc) is 2.81. The number of aliphatic hydroxyl groups is 1. The lowest BCUT2D eigenvalue weighted by molar-refractivity contribution is 0.0691. The topological polar surface area (TPSA) is 100 Å². The second-order valence-corrected chi connectivity index (χ2v) is 4.06. The molecule has 19 heavy (non-hydrogen) atoms. The summed E-state index contributed by atoms with van der Waals surface area (Å²) >= 11 is 5.77. The Morgan fingerprint density at radius 2 is 2.00 bits per heavy atom. The molecular formula is C11H11ClN4O3. The van der Waals surface area contributed by atoms with Crippen LogP contribution in [0.5, 0.6) is 0 Å². The van der Waals surface area contributed by atoms with Gasteiger partial charge in [-0.3, -0.25) is 0 Å². The van der Waals surface area contributed by atoms with Crippen LogP contribution in [0.1, 0.15) is 10.5 Å². The highest BCUT2D eigenvalue weighted by Crippen LogP contribution is 2.15. The first-order chi connectivity index (χ1) is 9.11. The molecule has 0 amide bonds. The second kappa shape index (κ2) is 5.68. The summed E-state index contributed by atoms with van der Waals surface area (Å²) in [4.78, 5) is 12.2. The predicted octanol–water partition coefficient (Wildman–Crippen LogP) is 1.02. The third kappa shape index (κ3) is 3.01. The molecule has 100 valence electrons. The van der Waals surface area contributed by atoms with E-state index in [1.807, 2.05) is 0 Å². The molecule has 0 fully saturated rings. The van der Waals surface area contributed by atoms with Crippen molar-refractivity contribution in [1.82, 2.24) is 15.0 Å². The van der Waals surface area contributed by atoms with Gasteiger partial charge in [0.2, 0.25) is 5.69 Å². The lowest BCUT2D eigenvalue weighted by Crippen LogP contribution is -2.09. The van der Waals surface area contributed by atoms with Gasteiger partial charge < -0.3 is 15.5 Å². The van der Waals surface area contributed by atoms with Crippen molar-refractivity contribution in [3.8, 4) is 5.69 Å². The summed E-state index contributed by atoms with van der Waals surface area (Å²) in [5, 5.41) is 28.9. The Kier molecular flexibility index (Phi) is 3.98. The van der Waals surface area contributed by atoms with Crippen LogP contribution in [-0.4, -0.2) is 44.3 Å². The van der Waals surface area contributed by atoms with Crippen LogP contribution in [0.4, 0.5) is 5.82 Å². The Morgan fingerprint density at radius 3 is 2.58 bits per heavy atom. The van der Waals surface area contributed by atoms with Gasteiger partial charge in [0.1, 0.15) is 0 Å². The van der Waals surface area contributed by atoms with Crippen LogP contribution in [0.25, 0.3) is 5.69 Å². The number of hydrogen-bond acceptors (Lipinski definition) is 5. The lowest BCUT2D eigenvalue weighted by atomic mass is 10.3. The molecule has 0 atom stereocenters. The second-order valence-electron chi connectivity index (χ2n) is 3.62. The van der Waals surface area contributed by atoms with E-state index in [1.54, 1.807) is 24.3 Å². The summed E-state index contributed by atoms with van der Waals surface area (Å²) in [5.41, 5.74) is 0.382. The van der Waals surface area contributed by atoms with Crippen molar-refractivity contribution in [1.29, 1.82) is 0 Å². The first-order valence-corrected chi connectivity index (χ1v) is 5.81. The van der Waals surface area contributed by atoms with Crippen molar-refractivity contribution in [2.24, 2.45) is 0 Å². The molecule has 7 nitrogen and oxygen atoms in total. The van der Waals surface area contributed by atoms with Gasteiger partial charge >= 0.3 is 5.97 Å². The normalized spacial score (nSPS) is 10.4. The molecule has 0 aliphatic rings. The minimum absolute atomic E-state index is 0.108. The maximum absolute atomic E-state index is 11.0. The number of halogens is 1. The molecule has 0 aliphatic carbocycles. The zero-order chi connectivity index (χ0) is 13.8. The molecule has 2 rings (SSSR count). The highest BCUT2D eigenvalue weighted by molar-refractivity contribution is 6.30. The van der Waals surface area contributed by atoms with E-state index in [9.17, 15) is 4.79 Å². The van der Waals surface area contributed by atoms with Gasteiger partial charge in [-0.05, 0) is 24.3 Å². The van der Waals surface area contributed by atoms with Crippen molar-refractivity contribution in [2.75, 3.05) is 18.5 Å². The molecule has 0 unspecified atom stereocenters. The number of hydrogen-bond donors (Lipinski definition) is 3. The van der Waals surface area contributed by atoms with E-state index in [-0.39, 0.29) is 24.7 Å². The number of carboxylic acids is 1. The number of carboxylic acid groups (broad SMARTS) is 1. The fourth-order valence-corrected chi connectivity index (χ4v) is 1.56. The van der Waals surface area contributed by atoms with Gasteiger partial charge in [0.25, 0.3) is 0 Å². The number of aromatic carboxylic acids is 1. The minimum Gasteiger partial charge on any atom is -0.476 e. The summed E-state index contributed by atoms with van der Waals surface area (Å²) in [5.74, 6) is -1.09. The van der Waals surface area contributed by atoms with Gasteiger partial charge in [0.05, 0.1) is 12.3 Å². The van der Waals surface area contributed by atoms with Crippen molar-refractivity contribution in [3.63, 3.8) is 0 Å². The van der Waals surface area contributed by atoms with E-state index in [2.05, 4.69) is 15.5 Å². The van der Waals surface area contributed by atoms with E-state index in [4.69, 9.17) is 21.8 Å². The summed E-state index contributed by atoms with van der Waals surface area (Å²) in [6, 6.07) is 6.65. The number of nitrogens with zero attached hydrogens (tertiary/aromatic N) is 3. The van der Waals surface area contributed by atoms with E-state index >= 15 is 0 Å². The molecule has 3 N–H and O–H groups in total. The van der Waals surface area contributed by atoms with Gasteiger partial charge in [-0.1, -0.05) is 11.6 Å². The van der Waals surface area contributed by atoms with E-state index < -0.39 is 5.97 Å². The van der Waals surface area contributed by atoms with Crippen molar-refractivity contribution in [2.45, 2.75) is 0 Å². The maximum atomic E-state index is 11.0. The summed E-state index contributed by atoms with van der Waals surface area (Å²) in [6.07, 6.45) is 0. The molecular weight excluding hydrogens is 272 g/mol. The number of benzene rings is 1. The molecule has 0 saturated heterocycles. The first-order valence-electron chi connectivity index (χ1n) is 5.43. The highest BCUT2D eigenvalue weighted by Gasteiger charge is 2.18. The monoisotopic (exact) mass is 282 g/mol. The third-order valence-corrected chi connectivity index (χ3v) is 2.53. The molecule has 1 aromatic carbocycles. The summed E-state index contributed by atoms with van der Waals surface area (Å²) in [7, 11) is 0. The number of anilines is 1. The van der Waals surface area contributed by atoms with Gasteiger partial charge in [-0.15, -0.1) is 15.0 Å². The Morgan fingerprint density at radius 1 is 1.32 bits per heavy atom. The van der Waals surface area contributed by atoms with Gasteiger partial charge in [-0.25, -0.2) is 4.79 Å². The van der Waals surface area contributed by atoms with E-state index in [0.29, 0.717) is 10.7 Å². The first kappa shape index (κ1) is 13.3. The number of rotatable bonds is 5. The predicted molar refractivity (Wildman–Crippen MR) is 68.9 cm³/mol. The van der Waals surface area contributed by atoms with Crippen LogP contribution in [0.2, 0.25) is 5.02 Å². The van der Waals surface area contributed by atoms with Crippen molar-refractivity contribution >= 4 is 23.4 Å². The van der Waals surface area contributed by atoms with Crippen LogP contribution in [-0.2, 0) is 0 Å². The molecule has 0 radical (unpaired) electrons. The molecule has 0 saturated carbocycles. The zero-order valence-corrected chi connectivity index (χ0v) is 10.5. The van der Waals surface area contributed by atoms with Crippen LogP contribution in [0, 0.1) is 0 Å². The molecule has 0 spiro atoms. The molecule has 1 heterocycles. The fraction of sp³-hybridized carbons (Fsp3) is 0.182. The highest BCUT2D eigenvalue weighted by atomic mass is 35.5. The van der Waals surface area contributed by atoms with Gasteiger partial charge in [-0.2, -0.15) is 0 Å². The van der Waals surface area contributed by atoms with Gasteiger partial charge in [0.15, 0.2) is 5.82 Å². The Hall–Kier alpha value is -2.12. The van der Waals surface area contributed by atoms with Crippen LogP contribution in [0.15, 0.2) is 24.3 Å². The van der Waals surface area contributed by atoms with E-state index in [1.165, 1.54) is 4.80 Å². The maximum Gasteiger partial charge on any atom is 0.360 e. The lowest BCUT2D eigenvalue weighted by Gasteiger charge is -1.99. The van der Waals surface area contributed by atoms with Crippen LogP contribution in [0.3, 0.4) is 0 Å². The number of carbonyl (C=O) groups is 1. The smallest absolute Gasteiger partial charge is 0.360 e. The third-order valence-electron chi connectivity index (χ3n) is 2.28. The number of aromatic nitrogens is 3. The van der Waals surface area contributed by atoms with E-state index in [0.717, 1.165) is 0 Å². The quantitative estimate of drug-likeness (QED) is 0.757. The van der Waals surface area contributed by atoms with Gasteiger partial charge in [0, 0.05) is 11.6 Å². The molecule has 0 bridgehead atoms. The Labute approximate surface area is 113 Å². The van der Waals surface area contributed by atoms with Crippen molar-refractivity contribution < 1.29 is 15.0 Å². The van der Waals surface area contributed by atoms with Crippen molar-refractivity contribution in [3.05, 3.63) is 35.0 Å². The van der Waals surface area contributed by atoms with Crippen LogP contribution >= 0.6 is 11.6 Å². The minimum atomic E-state index is -1.19. The molecule has 8 heteroatoms. The SMILES string of the molecule is O=C(O)c1nn(-c2ccc(Cl)cc2)nc1NCCO. The largest absolute Gasteiger partial charge is 0.476 e.